The Bertz CT molecular complexity index is 551. The molecule has 2 heterocycles. The summed E-state index contributed by atoms with van der Waals surface area (Å²) in [6.07, 6.45) is 3.25. The Balaban J connectivity index is 2.28. The number of hydrogen-bond donors (Lipinski definition) is 1. The van der Waals surface area contributed by atoms with Gasteiger partial charge in [0.05, 0.1) is 6.20 Å². The van der Waals surface area contributed by atoms with Gasteiger partial charge in [-0.3, -0.25) is 4.68 Å². The lowest BCUT2D eigenvalue weighted by molar-refractivity contribution is 0.425. The van der Waals surface area contributed by atoms with E-state index in [1.54, 1.807) is 24.3 Å². The molecule has 0 aliphatic heterocycles. The van der Waals surface area contributed by atoms with Crippen LogP contribution in [0.4, 0.5) is 0 Å². The largest absolute Gasteiger partial charge is 0.420 e. The van der Waals surface area contributed by atoms with Crippen molar-refractivity contribution in [3.63, 3.8) is 0 Å². The van der Waals surface area contributed by atoms with Gasteiger partial charge in [0.15, 0.2) is 5.75 Å². The average Bonchev–Trinajstić information content (AvgIpc) is 2.77. The Labute approximate surface area is 112 Å². The molecule has 0 aliphatic rings. The first-order valence-corrected chi connectivity index (χ1v) is 6.14. The zero-order valence-electron chi connectivity index (χ0n) is 11.6. The maximum atomic E-state index is 5.61. The summed E-state index contributed by atoms with van der Waals surface area (Å²) in [6.45, 7) is 4.71. The average molecular weight is 262 g/mol. The molecule has 2 aromatic heterocycles. The SMILES string of the molecule is CNCc1nc(C(C)C)ncc1Oc1ncn(C)n1. The van der Waals surface area contributed by atoms with Crippen molar-refractivity contribution in [1.29, 1.82) is 0 Å². The van der Waals surface area contributed by atoms with Gasteiger partial charge in [-0.1, -0.05) is 13.8 Å². The fraction of sp³-hybridized carbons (Fsp3) is 0.500. The van der Waals surface area contributed by atoms with Gasteiger partial charge in [-0.25, -0.2) is 9.97 Å². The van der Waals surface area contributed by atoms with Crippen molar-refractivity contribution >= 4 is 0 Å². The van der Waals surface area contributed by atoms with Gasteiger partial charge in [-0.05, 0) is 7.05 Å². The highest BCUT2D eigenvalue weighted by Crippen LogP contribution is 2.22. The number of ether oxygens (including phenoxy) is 1. The Morgan fingerprint density at radius 2 is 2.16 bits per heavy atom. The van der Waals surface area contributed by atoms with Crippen LogP contribution in [0.1, 0.15) is 31.3 Å². The molecule has 1 N–H and O–H groups in total. The normalized spacial score (nSPS) is 11.0. The third kappa shape index (κ3) is 3.25. The first-order chi connectivity index (χ1) is 9.10. The van der Waals surface area contributed by atoms with Crippen LogP contribution in [0.5, 0.6) is 11.8 Å². The Kier molecular flexibility index (Phi) is 4.06. The molecule has 0 saturated carbocycles. The second-order valence-electron chi connectivity index (χ2n) is 4.53. The minimum absolute atomic E-state index is 0.276. The van der Waals surface area contributed by atoms with Crippen LogP contribution in [0.15, 0.2) is 12.5 Å². The molecule has 0 radical (unpaired) electrons. The number of hydrogen-bond acceptors (Lipinski definition) is 6. The highest BCUT2D eigenvalue weighted by molar-refractivity contribution is 5.27. The third-order valence-electron chi connectivity index (χ3n) is 2.49. The number of aromatic nitrogens is 5. The molecule has 0 fully saturated rings. The molecule has 0 unspecified atom stereocenters. The van der Waals surface area contributed by atoms with Crippen LogP contribution >= 0.6 is 0 Å². The Morgan fingerprint density at radius 1 is 1.37 bits per heavy atom. The summed E-state index contributed by atoms with van der Waals surface area (Å²) in [5.41, 5.74) is 0.800. The maximum absolute atomic E-state index is 5.61. The molecule has 2 rings (SSSR count). The van der Waals surface area contributed by atoms with Crippen molar-refractivity contribution < 1.29 is 4.74 Å². The Hall–Kier alpha value is -2.02. The summed E-state index contributed by atoms with van der Waals surface area (Å²) < 4.78 is 7.19. The maximum Gasteiger partial charge on any atom is 0.341 e. The van der Waals surface area contributed by atoms with Gasteiger partial charge in [0.25, 0.3) is 0 Å². The zero-order valence-corrected chi connectivity index (χ0v) is 11.6. The van der Waals surface area contributed by atoms with E-state index >= 15 is 0 Å². The van der Waals surface area contributed by atoms with Crippen molar-refractivity contribution in [2.45, 2.75) is 26.3 Å². The number of nitrogens with zero attached hydrogens (tertiary/aromatic N) is 5. The van der Waals surface area contributed by atoms with Crippen LogP contribution in [0.25, 0.3) is 0 Å². The smallest absolute Gasteiger partial charge is 0.341 e. The van der Waals surface area contributed by atoms with Crippen molar-refractivity contribution in [3.8, 4) is 11.8 Å². The van der Waals surface area contributed by atoms with Crippen LogP contribution in [0, 0.1) is 0 Å². The van der Waals surface area contributed by atoms with E-state index in [1.807, 2.05) is 7.05 Å². The molecule has 102 valence electrons. The van der Waals surface area contributed by atoms with Gasteiger partial charge in [0, 0.05) is 19.5 Å². The van der Waals surface area contributed by atoms with Gasteiger partial charge in [-0.2, -0.15) is 4.98 Å². The minimum Gasteiger partial charge on any atom is -0.420 e. The summed E-state index contributed by atoms with van der Waals surface area (Å²) >= 11 is 0. The molecule has 7 heteroatoms. The van der Waals surface area contributed by atoms with Gasteiger partial charge in [-0.15, -0.1) is 5.10 Å². The van der Waals surface area contributed by atoms with Crippen LogP contribution in [-0.2, 0) is 13.6 Å². The zero-order chi connectivity index (χ0) is 13.8. The summed E-state index contributed by atoms with van der Waals surface area (Å²) in [4.78, 5) is 12.8. The van der Waals surface area contributed by atoms with E-state index in [9.17, 15) is 0 Å². The number of aryl methyl sites for hydroxylation is 1. The molecular formula is C12H18N6O. The molecule has 7 nitrogen and oxygen atoms in total. The lowest BCUT2D eigenvalue weighted by Crippen LogP contribution is -2.11. The second-order valence-corrected chi connectivity index (χ2v) is 4.53. The molecule has 0 bridgehead atoms. The molecule has 2 aromatic rings. The van der Waals surface area contributed by atoms with Gasteiger partial charge in [0.1, 0.15) is 17.8 Å². The van der Waals surface area contributed by atoms with E-state index in [-0.39, 0.29) is 5.92 Å². The van der Waals surface area contributed by atoms with E-state index in [0.717, 1.165) is 11.5 Å². The van der Waals surface area contributed by atoms with Crippen molar-refractivity contribution in [1.82, 2.24) is 30.0 Å². The lowest BCUT2D eigenvalue weighted by atomic mass is 10.2. The topological polar surface area (TPSA) is 77.8 Å². The number of rotatable bonds is 5. The third-order valence-corrected chi connectivity index (χ3v) is 2.49. The fourth-order valence-electron chi connectivity index (χ4n) is 1.54. The fourth-order valence-corrected chi connectivity index (χ4v) is 1.54. The van der Waals surface area contributed by atoms with Crippen LogP contribution in [0.2, 0.25) is 0 Å². The van der Waals surface area contributed by atoms with Crippen LogP contribution < -0.4 is 10.1 Å². The minimum atomic E-state index is 0.276. The van der Waals surface area contributed by atoms with Crippen LogP contribution in [-0.4, -0.2) is 31.8 Å². The Morgan fingerprint density at radius 3 is 2.74 bits per heavy atom. The standard InChI is InChI=1S/C12H18N6O/c1-8(2)11-14-6-10(9(16-11)5-13-3)19-12-15-7-18(4)17-12/h6-8,13H,5H2,1-4H3. The highest BCUT2D eigenvalue weighted by Gasteiger charge is 2.12. The summed E-state index contributed by atoms with van der Waals surface area (Å²) in [6, 6.07) is 0.292. The molecule has 19 heavy (non-hydrogen) atoms. The van der Waals surface area contributed by atoms with E-state index in [2.05, 4.69) is 39.2 Å². The molecule has 0 amide bonds. The predicted octanol–water partition coefficient (Wildman–Crippen LogP) is 1.24. The lowest BCUT2D eigenvalue weighted by Gasteiger charge is -2.10. The van der Waals surface area contributed by atoms with Gasteiger partial charge < -0.3 is 10.1 Å². The first-order valence-electron chi connectivity index (χ1n) is 6.14. The molecule has 0 aromatic carbocycles. The first kappa shape index (κ1) is 13.4. The molecule has 0 saturated heterocycles. The van der Waals surface area contributed by atoms with Crippen LogP contribution in [0.3, 0.4) is 0 Å². The van der Waals surface area contributed by atoms with E-state index in [4.69, 9.17) is 4.74 Å². The van der Waals surface area contributed by atoms with E-state index in [0.29, 0.717) is 18.3 Å². The molecule has 0 aliphatic carbocycles. The number of nitrogens with one attached hydrogen (secondary N) is 1. The van der Waals surface area contributed by atoms with E-state index in [1.165, 1.54) is 0 Å². The highest BCUT2D eigenvalue weighted by atomic mass is 16.5. The predicted molar refractivity (Wildman–Crippen MR) is 70.0 cm³/mol. The molecule has 0 atom stereocenters. The van der Waals surface area contributed by atoms with Crippen molar-refractivity contribution in [2.24, 2.45) is 7.05 Å². The van der Waals surface area contributed by atoms with E-state index < -0.39 is 0 Å². The summed E-state index contributed by atoms with van der Waals surface area (Å²) in [5, 5.41) is 7.14. The van der Waals surface area contributed by atoms with Gasteiger partial charge >= 0.3 is 6.01 Å². The van der Waals surface area contributed by atoms with Gasteiger partial charge in [0.2, 0.25) is 0 Å². The molecule has 0 spiro atoms. The quantitative estimate of drug-likeness (QED) is 0.873. The summed E-state index contributed by atoms with van der Waals surface area (Å²) in [5.74, 6) is 1.65. The van der Waals surface area contributed by atoms with Crippen molar-refractivity contribution in [3.05, 3.63) is 24.0 Å². The monoisotopic (exact) mass is 262 g/mol. The summed E-state index contributed by atoms with van der Waals surface area (Å²) in [7, 11) is 3.65. The second kappa shape index (κ2) is 5.75. The van der Waals surface area contributed by atoms with Crippen molar-refractivity contribution in [2.75, 3.05) is 7.05 Å². The molecular weight excluding hydrogens is 244 g/mol.